The van der Waals surface area contributed by atoms with Crippen molar-refractivity contribution in [3.63, 3.8) is 0 Å². The van der Waals surface area contributed by atoms with Gasteiger partial charge in [0.05, 0.1) is 19.8 Å². The lowest BCUT2D eigenvalue weighted by Gasteiger charge is -2.40. The van der Waals surface area contributed by atoms with E-state index in [1.807, 2.05) is 18.2 Å². The lowest BCUT2D eigenvalue weighted by molar-refractivity contribution is -0.110. The predicted molar refractivity (Wildman–Crippen MR) is 57.6 cm³/mol. The highest BCUT2D eigenvalue weighted by molar-refractivity contribution is 5.10. The number of rotatable bonds is 4. The molecule has 0 spiro atoms. The fraction of sp³-hybridized carbons (Fsp3) is 0.583. The standard InChI is InChI=1S/C12H17NO2/c1-12(8-15-9-12)6-10(7-14)11-4-2-3-5-13-11/h2-5,10,14H,6-9H2,1H3. The number of nitrogens with zero attached hydrogens (tertiary/aromatic N) is 1. The molecule has 1 atom stereocenters. The predicted octanol–water partition coefficient (Wildman–Crippen LogP) is 1.58. The monoisotopic (exact) mass is 207 g/mol. The Morgan fingerprint density at radius 1 is 1.53 bits per heavy atom. The van der Waals surface area contributed by atoms with Gasteiger partial charge in [-0.15, -0.1) is 0 Å². The first-order chi connectivity index (χ1) is 7.23. The molecule has 2 rings (SSSR count). The summed E-state index contributed by atoms with van der Waals surface area (Å²) >= 11 is 0. The Balaban J connectivity index is 2.04. The van der Waals surface area contributed by atoms with Crippen LogP contribution < -0.4 is 0 Å². The fourth-order valence-corrected chi connectivity index (χ4v) is 2.04. The van der Waals surface area contributed by atoms with Gasteiger partial charge in [-0.05, 0) is 18.6 Å². The molecule has 3 heteroatoms. The van der Waals surface area contributed by atoms with E-state index in [0.29, 0.717) is 0 Å². The number of aliphatic hydroxyl groups is 1. The molecule has 0 aromatic carbocycles. The first kappa shape index (κ1) is 10.6. The van der Waals surface area contributed by atoms with Gasteiger partial charge in [-0.1, -0.05) is 13.0 Å². The maximum atomic E-state index is 9.38. The first-order valence-electron chi connectivity index (χ1n) is 5.33. The molecular formula is C12H17NO2. The second-order valence-corrected chi connectivity index (χ2v) is 4.64. The number of hydrogen-bond acceptors (Lipinski definition) is 3. The summed E-state index contributed by atoms with van der Waals surface area (Å²) in [6.07, 6.45) is 2.72. The molecule has 0 saturated carbocycles. The van der Waals surface area contributed by atoms with E-state index in [0.717, 1.165) is 25.3 Å². The van der Waals surface area contributed by atoms with Crippen molar-refractivity contribution in [3.05, 3.63) is 30.1 Å². The summed E-state index contributed by atoms with van der Waals surface area (Å²) in [5.41, 5.74) is 1.21. The summed E-state index contributed by atoms with van der Waals surface area (Å²) in [5, 5.41) is 9.38. The third kappa shape index (κ3) is 2.36. The molecule has 1 aromatic rings. The molecule has 0 radical (unpaired) electrons. The second kappa shape index (κ2) is 4.29. The van der Waals surface area contributed by atoms with Gasteiger partial charge in [0.15, 0.2) is 0 Å². The second-order valence-electron chi connectivity index (χ2n) is 4.64. The average molecular weight is 207 g/mol. The van der Waals surface area contributed by atoms with Crippen molar-refractivity contribution in [2.24, 2.45) is 5.41 Å². The normalized spacial score (nSPS) is 20.7. The molecule has 1 aliphatic heterocycles. The number of hydrogen-bond donors (Lipinski definition) is 1. The van der Waals surface area contributed by atoms with Crippen LogP contribution in [0.4, 0.5) is 0 Å². The quantitative estimate of drug-likeness (QED) is 0.815. The zero-order chi connectivity index (χ0) is 10.7. The molecule has 1 fully saturated rings. The summed E-state index contributed by atoms with van der Waals surface area (Å²) in [5.74, 6) is 0.139. The van der Waals surface area contributed by atoms with Crippen LogP contribution in [0.15, 0.2) is 24.4 Å². The molecule has 1 aliphatic rings. The van der Waals surface area contributed by atoms with Crippen LogP contribution in [0.3, 0.4) is 0 Å². The highest BCUT2D eigenvalue weighted by Gasteiger charge is 2.36. The Morgan fingerprint density at radius 2 is 2.33 bits per heavy atom. The van der Waals surface area contributed by atoms with Gasteiger partial charge in [0.2, 0.25) is 0 Å². The summed E-state index contributed by atoms with van der Waals surface area (Å²) < 4.78 is 5.22. The van der Waals surface area contributed by atoms with Crippen LogP contribution in [-0.4, -0.2) is 29.9 Å². The maximum Gasteiger partial charge on any atom is 0.0542 e. The molecule has 1 N–H and O–H groups in total. The van der Waals surface area contributed by atoms with E-state index >= 15 is 0 Å². The van der Waals surface area contributed by atoms with E-state index in [-0.39, 0.29) is 17.9 Å². The van der Waals surface area contributed by atoms with Crippen LogP contribution >= 0.6 is 0 Å². The van der Waals surface area contributed by atoms with Crippen LogP contribution in [0.25, 0.3) is 0 Å². The van der Waals surface area contributed by atoms with Crippen molar-refractivity contribution in [2.75, 3.05) is 19.8 Å². The Bertz CT molecular complexity index is 309. The van der Waals surface area contributed by atoms with Gasteiger partial charge in [0, 0.05) is 23.2 Å². The highest BCUT2D eigenvalue weighted by atomic mass is 16.5. The molecule has 82 valence electrons. The van der Waals surface area contributed by atoms with Gasteiger partial charge >= 0.3 is 0 Å². The van der Waals surface area contributed by atoms with E-state index in [2.05, 4.69) is 11.9 Å². The van der Waals surface area contributed by atoms with Crippen LogP contribution in [0.5, 0.6) is 0 Å². The Kier molecular flexibility index (Phi) is 3.03. The van der Waals surface area contributed by atoms with Gasteiger partial charge in [-0.2, -0.15) is 0 Å². The molecule has 3 nitrogen and oxygen atoms in total. The van der Waals surface area contributed by atoms with Gasteiger partial charge in [-0.25, -0.2) is 0 Å². The summed E-state index contributed by atoms with van der Waals surface area (Å²) in [7, 11) is 0. The van der Waals surface area contributed by atoms with Crippen LogP contribution in [0.1, 0.15) is 25.0 Å². The summed E-state index contributed by atoms with van der Waals surface area (Å²) in [4.78, 5) is 4.29. The molecule has 0 aliphatic carbocycles. The molecule has 0 amide bonds. The van der Waals surface area contributed by atoms with Crippen molar-refractivity contribution in [2.45, 2.75) is 19.3 Å². The topological polar surface area (TPSA) is 42.4 Å². The molecule has 1 unspecified atom stereocenters. The van der Waals surface area contributed by atoms with E-state index in [4.69, 9.17) is 4.74 Å². The molecule has 1 aromatic heterocycles. The Hall–Kier alpha value is -0.930. The van der Waals surface area contributed by atoms with Gasteiger partial charge < -0.3 is 9.84 Å². The van der Waals surface area contributed by atoms with Crippen molar-refractivity contribution >= 4 is 0 Å². The van der Waals surface area contributed by atoms with Gasteiger partial charge in [0.1, 0.15) is 0 Å². The van der Waals surface area contributed by atoms with E-state index in [9.17, 15) is 5.11 Å². The number of ether oxygens (including phenoxy) is 1. The van der Waals surface area contributed by atoms with Crippen molar-refractivity contribution in [1.82, 2.24) is 4.98 Å². The minimum atomic E-state index is 0.139. The van der Waals surface area contributed by atoms with Crippen molar-refractivity contribution < 1.29 is 9.84 Å². The van der Waals surface area contributed by atoms with Gasteiger partial charge in [0.25, 0.3) is 0 Å². The maximum absolute atomic E-state index is 9.38. The minimum absolute atomic E-state index is 0.139. The SMILES string of the molecule is CC1(CC(CO)c2ccccn2)COC1. The van der Waals surface area contributed by atoms with Crippen molar-refractivity contribution in [3.8, 4) is 0 Å². The zero-order valence-electron chi connectivity index (χ0n) is 9.02. The lowest BCUT2D eigenvalue weighted by Crippen LogP contribution is -2.41. The average Bonchev–Trinajstić information content (AvgIpc) is 2.25. The summed E-state index contributed by atoms with van der Waals surface area (Å²) in [6.45, 7) is 3.96. The largest absolute Gasteiger partial charge is 0.396 e. The number of aliphatic hydroxyl groups excluding tert-OH is 1. The number of pyridine rings is 1. The third-order valence-electron chi connectivity index (χ3n) is 2.97. The highest BCUT2D eigenvalue weighted by Crippen LogP contribution is 2.36. The molecule has 15 heavy (non-hydrogen) atoms. The van der Waals surface area contributed by atoms with E-state index in [1.54, 1.807) is 6.20 Å². The van der Waals surface area contributed by atoms with Gasteiger partial charge in [-0.3, -0.25) is 4.98 Å². The third-order valence-corrected chi connectivity index (χ3v) is 2.97. The molecule has 2 heterocycles. The molecule has 1 saturated heterocycles. The van der Waals surface area contributed by atoms with E-state index < -0.39 is 0 Å². The van der Waals surface area contributed by atoms with Crippen LogP contribution in [0, 0.1) is 5.41 Å². The molecule has 0 bridgehead atoms. The van der Waals surface area contributed by atoms with Crippen LogP contribution in [-0.2, 0) is 4.74 Å². The summed E-state index contributed by atoms with van der Waals surface area (Å²) in [6, 6.07) is 5.83. The van der Waals surface area contributed by atoms with Crippen molar-refractivity contribution in [1.29, 1.82) is 0 Å². The Labute approximate surface area is 90.1 Å². The first-order valence-corrected chi connectivity index (χ1v) is 5.33. The smallest absolute Gasteiger partial charge is 0.0542 e. The number of aromatic nitrogens is 1. The fourth-order valence-electron chi connectivity index (χ4n) is 2.04. The Morgan fingerprint density at radius 3 is 2.80 bits per heavy atom. The van der Waals surface area contributed by atoms with Crippen LogP contribution in [0.2, 0.25) is 0 Å². The minimum Gasteiger partial charge on any atom is -0.396 e. The van der Waals surface area contributed by atoms with E-state index in [1.165, 1.54) is 0 Å². The zero-order valence-corrected chi connectivity index (χ0v) is 9.02. The lowest BCUT2D eigenvalue weighted by atomic mass is 9.78. The molecular weight excluding hydrogens is 190 g/mol.